The van der Waals surface area contributed by atoms with Gasteiger partial charge < -0.3 is 18.9 Å². The molecule has 1 heterocycles. The fourth-order valence-corrected chi connectivity index (χ4v) is 3.11. The minimum absolute atomic E-state index is 0.0370. The molecule has 0 atom stereocenters. The first kappa shape index (κ1) is 21.0. The number of halogens is 1. The van der Waals surface area contributed by atoms with E-state index in [1.807, 2.05) is 36.5 Å². The highest BCUT2D eigenvalue weighted by Crippen LogP contribution is 2.16. The Morgan fingerprint density at radius 2 is 1.79 bits per heavy atom. The minimum Gasteiger partial charge on any atom is -0.484 e. The van der Waals surface area contributed by atoms with Gasteiger partial charge in [-0.3, -0.25) is 4.79 Å². The first-order valence-corrected chi connectivity index (χ1v) is 9.86. The smallest absolute Gasteiger partial charge is 0.260 e. The maximum absolute atomic E-state index is 12.8. The van der Waals surface area contributed by atoms with E-state index in [0.29, 0.717) is 30.5 Å². The van der Waals surface area contributed by atoms with E-state index in [4.69, 9.17) is 21.1 Å². The molecule has 0 N–H and O–H groups in total. The molecular weight excluding hydrogens is 388 g/mol. The number of nitrogens with zero attached hydrogens (tertiary/aromatic N) is 2. The van der Waals surface area contributed by atoms with Crippen LogP contribution in [0.2, 0.25) is 5.02 Å². The second kappa shape index (κ2) is 10.7. The molecule has 2 aromatic carbocycles. The Labute approximate surface area is 176 Å². The lowest BCUT2D eigenvalue weighted by atomic mass is 10.2. The molecule has 0 unspecified atom stereocenters. The third-order valence-electron chi connectivity index (χ3n) is 4.57. The molecule has 29 heavy (non-hydrogen) atoms. The average molecular weight is 413 g/mol. The van der Waals surface area contributed by atoms with Crippen LogP contribution in [0.15, 0.2) is 72.9 Å². The number of ether oxygens (including phenoxy) is 2. The number of aromatic nitrogens is 1. The fraction of sp³-hybridized carbons (Fsp3) is 0.261. The lowest BCUT2D eigenvalue weighted by Gasteiger charge is -2.23. The van der Waals surface area contributed by atoms with Gasteiger partial charge in [-0.05, 0) is 42.0 Å². The molecule has 3 aromatic rings. The predicted molar refractivity (Wildman–Crippen MR) is 114 cm³/mol. The van der Waals surface area contributed by atoms with Crippen LogP contribution in [0.4, 0.5) is 0 Å². The van der Waals surface area contributed by atoms with E-state index >= 15 is 0 Å². The van der Waals surface area contributed by atoms with Gasteiger partial charge in [0, 0.05) is 37.1 Å². The molecule has 0 bridgehead atoms. The molecule has 0 aliphatic carbocycles. The van der Waals surface area contributed by atoms with Crippen molar-refractivity contribution in [2.45, 2.75) is 13.1 Å². The summed E-state index contributed by atoms with van der Waals surface area (Å²) in [6.07, 6.45) is 2.03. The SMILES string of the molecule is COCCN(Cc1cccn1Cc1ccccc1)C(=O)COc1ccc(Cl)cc1. The van der Waals surface area contributed by atoms with E-state index in [1.54, 1.807) is 36.3 Å². The Morgan fingerprint density at radius 3 is 2.52 bits per heavy atom. The van der Waals surface area contributed by atoms with Crippen LogP contribution < -0.4 is 4.74 Å². The molecule has 5 nitrogen and oxygen atoms in total. The number of methoxy groups -OCH3 is 1. The molecule has 152 valence electrons. The topological polar surface area (TPSA) is 43.7 Å². The number of carbonyl (C=O) groups is 1. The van der Waals surface area contributed by atoms with Crippen LogP contribution in [-0.4, -0.2) is 42.2 Å². The van der Waals surface area contributed by atoms with Crippen molar-refractivity contribution >= 4 is 17.5 Å². The summed E-state index contributed by atoms with van der Waals surface area (Å²) >= 11 is 5.89. The van der Waals surface area contributed by atoms with Gasteiger partial charge in [-0.1, -0.05) is 41.9 Å². The molecule has 0 saturated heterocycles. The second-order valence-electron chi connectivity index (χ2n) is 6.66. The van der Waals surface area contributed by atoms with Crippen molar-refractivity contribution in [2.75, 3.05) is 26.9 Å². The number of benzene rings is 2. The highest BCUT2D eigenvalue weighted by Gasteiger charge is 2.16. The monoisotopic (exact) mass is 412 g/mol. The van der Waals surface area contributed by atoms with Gasteiger partial charge in [0.15, 0.2) is 6.61 Å². The Kier molecular flexibility index (Phi) is 7.73. The highest BCUT2D eigenvalue weighted by molar-refractivity contribution is 6.30. The summed E-state index contributed by atoms with van der Waals surface area (Å²) in [5, 5.41) is 0.629. The average Bonchev–Trinajstić information content (AvgIpc) is 3.17. The van der Waals surface area contributed by atoms with Crippen LogP contribution in [0.25, 0.3) is 0 Å². The third kappa shape index (κ3) is 6.38. The van der Waals surface area contributed by atoms with E-state index in [0.717, 1.165) is 12.2 Å². The van der Waals surface area contributed by atoms with Crippen LogP contribution in [0.5, 0.6) is 5.75 Å². The van der Waals surface area contributed by atoms with Crippen LogP contribution in [0.3, 0.4) is 0 Å². The third-order valence-corrected chi connectivity index (χ3v) is 4.82. The zero-order chi connectivity index (χ0) is 20.5. The zero-order valence-electron chi connectivity index (χ0n) is 16.5. The Bertz CT molecular complexity index is 894. The largest absolute Gasteiger partial charge is 0.484 e. The van der Waals surface area contributed by atoms with Crippen molar-refractivity contribution in [3.63, 3.8) is 0 Å². The first-order valence-electron chi connectivity index (χ1n) is 9.48. The molecule has 6 heteroatoms. The van der Waals surface area contributed by atoms with Gasteiger partial charge in [0.2, 0.25) is 0 Å². The zero-order valence-corrected chi connectivity index (χ0v) is 17.2. The van der Waals surface area contributed by atoms with Crippen LogP contribution >= 0.6 is 11.6 Å². The highest BCUT2D eigenvalue weighted by atomic mass is 35.5. The van der Waals surface area contributed by atoms with Crippen molar-refractivity contribution in [2.24, 2.45) is 0 Å². The van der Waals surface area contributed by atoms with Gasteiger partial charge in [-0.25, -0.2) is 0 Å². The number of hydrogen-bond donors (Lipinski definition) is 0. The van der Waals surface area contributed by atoms with Gasteiger partial charge in [0.05, 0.1) is 13.2 Å². The summed E-state index contributed by atoms with van der Waals surface area (Å²) in [7, 11) is 1.63. The van der Waals surface area contributed by atoms with Crippen molar-refractivity contribution < 1.29 is 14.3 Å². The first-order chi connectivity index (χ1) is 14.2. The number of amides is 1. The number of carbonyl (C=O) groups excluding carboxylic acids is 1. The van der Waals surface area contributed by atoms with E-state index in [1.165, 1.54) is 5.56 Å². The van der Waals surface area contributed by atoms with Crippen molar-refractivity contribution in [1.29, 1.82) is 0 Å². The van der Waals surface area contributed by atoms with Crippen LogP contribution in [0.1, 0.15) is 11.3 Å². The summed E-state index contributed by atoms with van der Waals surface area (Å²) in [6, 6.07) is 21.3. The van der Waals surface area contributed by atoms with E-state index in [9.17, 15) is 4.79 Å². The van der Waals surface area contributed by atoms with Crippen molar-refractivity contribution in [3.8, 4) is 5.75 Å². The maximum Gasteiger partial charge on any atom is 0.260 e. The minimum atomic E-state index is -0.0931. The van der Waals surface area contributed by atoms with Crippen molar-refractivity contribution in [1.82, 2.24) is 9.47 Å². The van der Waals surface area contributed by atoms with Crippen LogP contribution in [0, 0.1) is 0 Å². The molecule has 0 fully saturated rings. The van der Waals surface area contributed by atoms with Gasteiger partial charge in [0.25, 0.3) is 5.91 Å². The summed E-state index contributed by atoms with van der Waals surface area (Å²) < 4.78 is 13.0. The molecule has 1 aromatic heterocycles. The number of rotatable bonds is 10. The summed E-state index contributed by atoms with van der Waals surface area (Å²) in [5.41, 5.74) is 2.27. The lowest BCUT2D eigenvalue weighted by molar-refractivity contribution is -0.134. The molecule has 0 aliphatic rings. The van der Waals surface area contributed by atoms with Crippen molar-refractivity contribution in [3.05, 3.63) is 89.2 Å². The van der Waals surface area contributed by atoms with Gasteiger partial charge in [-0.15, -0.1) is 0 Å². The molecule has 0 saturated carbocycles. The summed E-state index contributed by atoms with van der Waals surface area (Å²) in [6.45, 7) is 2.18. The second-order valence-corrected chi connectivity index (χ2v) is 7.10. The normalized spacial score (nSPS) is 10.7. The molecular formula is C23H25ClN2O3. The Morgan fingerprint density at radius 1 is 1.03 bits per heavy atom. The Balaban J connectivity index is 1.65. The predicted octanol–water partition coefficient (Wildman–Crippen LogP) is 4.24. The van der Waals surface area contributed by atoms with Crippen LogP contribution in [-0.2, 0) is 22.6 Å². The summed E-state index contributed by atoms with van der Waals surface area (Å²) in [4.78, 5) is 14.6. The lowest BCUT2D eigenvalue weighted by Crippen LogP contribution is -2.37. The molecule has 0 radical (unpaired) electrons. The van der Waals surface area contributed by atoms with E-state index in [-0.39, 0.29) is 12.5 Å². The fourth-order valence-electron chi connectivity index (χ4n) is 2.98. The quantitative estimate of drug-likeness (QED) is 0.500. The summed E-state index contributed by atoms with van der Waals surface area (Å²) in [5.74, 6) is 0.520. The van der Waals surface area contributed by atoms with E-state index < -0.39 is 0 Å². The molecule has 3 rings (SSSR count). The van der Waals surface area contributed by atoms with Gasteiger partial charge in [-0.2, -0.15) is 0 Å². The molecule has 0 spiro atoms. The Hall–Kier alpha value is -2.76. The van der Waals surface area contributed by atoms with Gasteiger partial charge >= 0.3 is 0 Å². The molecule has 1 amide bonds. The molecule has 0 aliphatic heterocycles. The maximum atomic E-state index is 12.8. The van der Waals surface area contributed by atoms with E-state index in [2.05, 4.69) is 16.7 Å². The van der Waals surface area contributed by atoms with Gasteiger partial charge in [0.1, 0.15) is 5.75 Å². The standard InChI is InChI=1S/C23H25ClN2O3/c1-28-15-14-26(23(27)18-29-22-11-9-20(24)10-12-22)17-21-8-5-13-25(21)16-19-6-3-2-4-7-19/h2-13H,14-18H2,1H3. The number of hydrogen-bond acceptors (Lipinski definition) is 3.